The van der Waals surface area contributed by atoms with Crippen LogP contribution in [0.15, 0.2) is 42.5 Å². The first-order valence-corrected chi connectivity index (χ1v) is 9.62. The van der Waals surface area contributed by atoms with Gasteiger partial charge < -0.3 is 10.6 Å². The Morgan fingerprint density at radius 3 is 2.60 bits per heavy atom. The second-order valence-corrected chi connectivity index (χ2v) is 7.46. The summed E-state index contributed by atoms with van der Waals surface area (Å²) < 4.78 is 0. The van der Waals surface area contributed by atoms with Crippen LogP contribution in [0, 0.1) is 6.92 Å². The van der Waals surface area contributed by atoms with Crippen molar-refractivity contribution in [3.63, 3.8) is 0 Å². The Labute approximate surface area is 151 Å². The standard InChI is InChI=1S/C22H29N3/c1-17-3-2-4-21-20(17)9-10-22(21)24-15-18-5-7-19(8-6-18)16-25-13-11-23-12-14-25/h2-8,22-24H,9-16H2,1H3. The summed E-state index contributed by atoms with van der Waals surface area (Å²) in [5.74, 6) is 0. The first-order chi connectivity index (χ1) is 12.3. The minimum absolute atomic E-state index is 0.510. The molecule has 0 spiro atoms. The van der Waals surface area contributed by atoms with Crippen LogP contribution in [-0.2, 0) is 19.5 Å². The Kier molecular flexibility index (Phi) is 5.16. The summed E-state index contributed by atoms with van der Waals surface area (Å²) in [4.78, 5) is 2.53. The smallest absolute Gasteiger partial charge is 0.0329 e. The number of rotatable bonds is 5. The second kappa shape index (κ2) is 7.69. The molecule has 132 valence electrons. The number of hydrogen-bond donors (Lipinski definition) is 2. The first kappa shape index (κ1) is 16.8. The summed E-state index contributed by atoms with van der Waals surface area (Å²) in [6.45, 7) is 8.80. The highest BCUT2D eigenvalue weighted by atomic mass is 15.2. The van der Waals surface area contributed by atoms with Crippen molar-refractivity contribution in [1.82, 2.24) is 15.5 Å². The average Bonchev–Trinajstić information content (AvgIpc) is 3.07. The maximum Gasteiger partial charge on any atom is 0.0329 e. The third-order valence-corrected chi connectivity index (χ3v) is 5.70. The highest BCUT2D eigenvalue weighted by molar-refractivity contribution is 5.40. The van der Waals surface area contributed by atoms with Crippen molar-refractivity contribution < 1.29 is 0 Å². The van der Waals surface area contributed by atoms with E-state index in [1.54, 1.807) is 5.56 Å². The Morgan fingerprint density at radius 2 is 1.80 bits per heavy atom. The normalized spacial score (nSPS) is 20.6. The van der Waals surface area contributed by atoms with Crippen LogP contribution < -0.4 is 10.6 Å². The SMILES string of the molecule is Cc1cccc2c1CCC2NCc1ccc(CN2CCNCC2)cc1. The summed E-state index contributed by atoms with van der Waals surface area (Å²) in [5, 5.41) is 7.18. The number of benzene rings is 2. The van der Waals surface area contributed by atoms with Gasteiger partial charge in [-0.15, -0.1) is 0 Å². The largest absolute Gasteiger partial charge is 0.314 e. The van der Waals surface area contributed by atoms with E-state index in [-0.39, 0.29) is 0 Å². The van der Waals surface area contributed by atoms with E-state index < -0.39 is 0 Å². The van der Waals surface area contributed by atoms with Gasteiger partial charge in [-0.05, 0) is 47.6 Å². The molecule has 1 aliphatic heterocycles. The molecule has 0 bridgehead atoms. The fourth-order valence-corrected chi connectivity index (χ4v) is 4.18. The monoisotopic (exact) mass is 335 g/mol. The minimum atomic E-state index is 0.510. The molecule has 3 heteroatoms. The Morgan fingerprint density at radius 1 is 1.04 bits per heavy atom. The van der Waals surface area contributed by atoms with E-state index in [0.717, 1.165) is 39.3 Å². The zero-order chi connectivity index (χ0) is 17.1. The third kappa shape index (κ3) is 3.95. The zero-order valence-electron chi connectivity index (χ0n) is 15.2. The molecule has 1 fully saturated rings. The molecule has 1 aliphatic carbocycles. The van der Waals surface area contributed by atoms with Gasteiger partial charge in [0.2, 0.25) is 0 Å². The predicted octanol–water partition coefficient (Wildman–Crippen LogP) is 3.18. The lowest BCUT2D eigenvalue weighted by atomic mass is 10.0. The van der Waals surface area contributed by atoms with Crippen molar-refractivity contribution in [2.75, 3.05) is 26.2 Å². The molecule has 1 heterocycles. The van der Waals surface area contributed by atoms with Gasteiger partial charge in [-0.3, -0.25) is 4.90 Å². The quantitative estimate of drug-likeness (QED) is 0.879. The van der Waals surface area contributed by atoms with Crippen LogP contribution in [-0.4, -0.2) is 31.1 Å². The number of aryl methyl sites for hydroxylation is 1. The lowest BCUT2D eigenvalue weighted by Gasteiger charge is -2.27. The third-order valence-electron chi connectivity index (χ3n) is 5.70. The van der Waals surface area contributed by atoms with Gasteiger partial charge in [-0.25, -0.2) is 0 Å². The summed E-state index contributed by atoms with van der Waals surface area (Å²) in [5.41, 5.74) is 7.32. The van der Waals surface area contributed by atoms with Crippen molar-refractivity contribution >= 4 is 0 Å². The molecule has 2 N–H and O–H groups in total. The summed E-state index contributed by atoms with van der Waals surface area (Å²) >= 11 is 0. The van der Waals surface area contributed by atoms with E-state index in [9.17, 15) is 0 Å². The molecule has 0 radical (unpaired) electrons. The maximum absolute atomic E-state index is 3.76. The van der Waals surface area contributed by atoms with Crippen LogP contribution in [0.2, 0.25) is 0 Å². The Bertz CT molecular complexity index is 702. The van der Waals surface area contributed by atoms with E-state index in [0.29, 0.717) is 6.04 Å². The lowest BCUT2D eigenvalue weighted by molar-refractivity contribution is 0.233. The van der Waals surface area contributed by atoms with Gasteiger partial charge >= 0.3 is 0 Å². The summed E-state index contributed by atoms with van der Waals surface area (Å²) in [6.07, 6.45) is 2.44. The number of piperazine rings is 1. The molecule has 4 rings (SSSR count). The number of fused-ring (bicyclic) bond motifs is 1. The molecular formula is C22H29N3. The van der Waals surface area contributed by atoms with Crippen molar-refractivity contribution in [2.24, 2.45) is 0 Å². The molecule has 3 nitrogen and oxygen atoms in total. The van der Waals surface area contributed by atoms with Crippen molar-refractivity contribution in [1.29, 1.82) is 0 Å². The number of hydrogen-bond acceptors (Lipinski definition) is 3. The van der Waals surface area contributed by atoms with Crippen molar-refractivity contribution in [3.8, 4) is 0 Å². The van der Waals surface area contributed by atoms with Gasteiger partial charge in [0.1, 0.15) is 0 Å². The maximum atomic E-state index is 3.76. The van der Waals surface area contributed by atoms with Gasteiger partial charge in [0.25, 0.3) is 0 Å². The fourth-order valence-electron chi connectivity index (χ4n) is 4.18. The molecular weight excluding hydrogens is 306 g/mol. The molecule has 1 saturated heterocycles. The predicted molar refractivity (Wildman–Crippen MR) is 104 cm³/mol. The zero-order valence-corrected chi connectivity index (χ0v) is 15.2. The minimum Gasteiger partial charge on any atom is -0.314 e. The fraction of sp³-hybridized carbons (Fsp3) is 0.455. The number of nitrogens with one attached hydrogen (secondary N) is 2. The number of nitrogens with zero attached hydrogens (tertiary/aromatic N) is 1. The molecule has 2 aliphatic rings. The Hall–Kier alpha value is -1.68. The van der Waals surface area contributed by atoms with Gasteiger partial charge in [-0.1, -0.05) is 42.5 Å². The van der Waals surface area contributed by atoms with Gasteiger partial charge in [-0.2, -0.15) is 0 Å². The molecule has 0 amide bonds. The summed E-state index contributed by atoms with van der Waals surface area (Å²) in [7, 11) is 0. The Balaban J connectivity index is 1.33. The second-order valence-electron chi connectivity index (χ2n) is 7.46. The van der Waals surface area contributed by atoms with Crippen molar-refractivity contribution in [3.05, 3.63) is 70.3 Å². The molecule has 0 saturated carbocycles. The lowest BCUT2D eigenvalue weighted by Crippen LogP contribution is -2.42. The molecule has 2 aromatic rings. The topological polar surface area (TPSA) is 27.3 Å². The van der Waals surface area contributed by atoms with Crippen LogP contribution in [0.1, 0.15) is 40.3 Å². The van der Waals surface area contributed by atoms with Crippen LogP contribution in [0.3, 0.4) is 0 Å². The van der Waals surface area contributed by atoms with Gasteiger partial charge in [0.05, 0.1) is 0 Å². The molecule has 1 unspecified atom stereocenters. The van der Waals surface area contributed by atoms with Gasteiger partial charge in [0, 0.05) is 45.3 Å². The van der Waals surface area contributed by atoms with E-state index >= 15 is 0 Å². The highest BCUT2D eigenvalue weighted by Gasteiger charge is 2.22. The van der Waals surface area contributed by atoms with Gasteiger partial charge in [0.15, 0.2) is 0 Å². The molecule has 25 heavy (non-hydrogen) atoms. The van der Waals surface area contributed by atoms with E-state index in [2.05, 4.69) is 64.9 Å². The highest BCUT2D eigenvalue weighted by Crippen LogP contribution is 2.33. The van der Waals surface area contributed by atoms with Crippen molar-refractivity contribution in [2.45, 2.75) is 38.9 Å². The average molecular weight is 335 g/mol. The molecule has 1 atom stereocenters. The van der Waals surface area contributed by atoms with Crippen LogP contribution >= 0.6 is 0 Å². The summed E-state index contributed by atoms with van der Waals surface area (Å²) in [6, 6.07) is 16.4. The molecule has 0 aromatic heterocycles. The molecule has 2 aromatic carbocycles. The van der Waals surface area contributed by atoms with E-state index in [1.807, 2.05) is 0 Å². The van der Waals surface area contributed by atoms with Crippen LogP contribution in [0.4, 0.5) is 0 Å². The van der Waals surface area contributed by atoms with E-state index in [4.69, 9.17) is 0 Å². The van der Waals surface area contributed by atoms with E-state index in [1.165, 1.54) is 35.1 Å². The van der Waals surface area contributed by atoms with Crippen LogP contribution in [0.25, 0.3) is 0 Å². The van der Waals surface area contributed by atoms with Crippen LogP contribution in [0.5, 0.6) is 0 Å². The first-order valence-electron chi connectivity index (χ1n) is 9.62.